The maximum Gasteiger partial charge on any atom is 0.335 e. The number of hydrogen-bond donors (Lipinski definition) is 0. The van der Waals surface area contributed by atoms with Crippen LogP contribution < -0.4 is 4.74 Å². The lowest BCUT2D eigenvalue weighted by Gasteiger charge is -2.05. The van der Waals surface area contributed by atoms with Gasteiger partial charge in [-0.25, -0.2) is 4.79 Å². The molecule has 0 radical (unpaired) electrons. The summed E-state index contributed by atoms with van der Waals surface area (Å²) in [4.78, 5) is 14.2. The third kappa shape index (κ3) is 4.25. The van der Waals surface area contributed by atoms with E-state index in [1.165, 1.54) is 21.4 Å². The lowest BCUT2D eigenvalue weighted by molar-refractivity contribution is -0.129. The van der Waals surface area contributed by atoms with Crippen LogP contribution in [0, 0.1) is 0 Å². The van der Waals surface area contributed by atoms with Gasteiger partial charge in [-0.15, -0.1) is 11.3 Å². The molecule has 2 nitrogen and oxygen atoms in total. The maximum atomic E-state index is 11.5. The minimum absolute atomic E-state index is 0.359. The van der Waals surface area contributed by atoms with Gasteiger partial charge in [0.1, 0.15) is 5.75 Å². The minimum Gasteiger partial charge on any atom is -0.423 e. The number of allylic oxidation sites excluding steroid dienone is 1. The molecule has 0 bridgehead atoms. The molecule has 0 N–H and O–H groups in total. The molecule has 126 valence electrons. The first-order chi connectivity index (χ1) is 12.2. The van der Waals surface area contributed by atoms with Crippen LogP contribution in [0.4, 0.5) is 0 Å². The Balaban J connectivity index is 1.74. The Morgan fingerprint density at radius 2 is 1.52 bits per heavy atom. The zero-order valence-corrected chi connectivity index (χ0v) is 15.2. The first-order valence-electron chi connectivity index (χ1n) is 8.33. The van der Waals surface area contributed by atoms with Crippen LogP contribution in [0.1, 0.15) is 18.7 Å². The van der Waals surface area contributed by atoms with E-state index in [1.807, 2.05) is 35.6 Å². The number of aryl methyl sites for hydroxylation is 1. The Bertz CT molecular complexity index is 871. The van der Waals surface area contributed by atoms with Crippen LogP contribution in [-0.4, -0.2) is 5.97 Å². The molecule has 1 heterocycles. The van der Waals surface area contributed by atoms with Gasteiger partial charge in [0.15, 0.2) is 0 Å². The van der Waals surface area contributed by atoms with Crippen molar-refractivity contribution >= 4 is 17.3 Å². The first-order valence-corrected chi connectivity index (χ1v) is 9.15. The van der Waals surface area contributed by atoms with Crippen LogP contribution in [0.5, 0.6) is 5.75 Å². The van der Waals surface area contributed by atoms with Crippen molar-refractivity contribution in [2.75, 3.05) is 0 Å². The molecule has 25 heavy (non-hydrogen) atoms. The fourth-order valence-corrected chi connectivity index (χ4v) is 3.50. The highest BCUT2D eigenvalue weighted by atomic mass is 32.1. The number of hydrogen-bond acceptors (Lipinski definition) is 3. The Labute approximate surface area is 152 Å². The van der Waals surface area contributed by atoms with Crippen LogP contribution in [0.15, 0.2) is 72.8 Å². The second-order valence-corrected chi connectivity index (χ2v) is 6.81. The summed E-state index contributed by atoms with van der Waals surface area (Å²) < 4.78 is 5.21. The van der Waals surface area contributed by atoms with Gasteiger partial charge in [-0.3, -0.25) is 0 Å². The quantitative estimate of drug-likeness (QED) is 0.315. The Hall–Kier alpha value is -2.65. The molecule has 0 aliphatic rings. The van der Waals surface area contributed by atoms with Crippen LogP contribution >= 0.6 is 11.3 Å². The van der Waals surface area contributed by atoms with Crippen molar-refractivity contribution in [1.82, 2.24) is 0 Å². The largest absolute Gasteiger partial charge is 0.423 e. The van der Waals surface area contributed by atoms with Crippen molar-refractivity contribution in [2.45, 2.75) is 20.3 Å². The highest BCUT2D eigenvalue weighted by Gasteiger charge is 2.04. The van der Waals surface area contributed by atoms with Crippen molar-refractivity contribution in [3.05, 3.63) is 77.7 Å². The standard InChI is InChI=1S/C22H20O2S/c1-3-5-22(23)24-19-12-10-17(11-13-19)16-6-8-18(9-7-16)21-15-14-20(4-2)25-21/h3,5-15H,4H2,1-2H3/b5-3+. The average molecular weight is 348 g/mol. The van der Waals surface area contributed by atoms with E-state index in [-0.39, 0.29) is 5.97 Å². The van der Waals surface area contributed by atoms with E-state index >= 15 is 0 Å². The van der Waals surface area contributed by atoms with E-state index in [9.17, 15) is 4.79 Å². The average Bonchev–Trinajstić information content (AvgIpc) is 3.12. The van der Waals surface area contributed by atoms with Gasteiger partial charge in [-0.1, -0.05) is 49.4 Å². The van der Waals surface area contributed by atoms with Crippen LogP contribution in [0.2, 0.25) is 0 Å². The van der Waals surface area contributed by atoms with Crippen LogP contribution in [0.3, 0.4) is 0 Å². The summed E-state index contributed by atoms with van der Waals surface area (Å²) in [5, 5.41) is 0. The number of carbonyl (C=O) groups excluding carboxylic acids is 1. The monoisotopic (exact) mass is 348 g/mol. The molecular formula is C22H20O2S. The third-order valence-corrected chi connectivity index (χ3v) is 5.17. The molecule has 3 rings (SSSR count). The molecule has 2 aromatic carbocycles. The van der Waals surface area contributed by atoms with Crippen molar-refractivity contribution in [3.8, 4) is 27.3 Å². The number of esters is 1. The molecule has 0 saturated carbocycles. The molecule has 0 fully saturated rings. The molecule has 0 unspecified atom stereocenters. The second-order valence-electron chi connectivity index (χ2n) is 5.64. The lowest BCUT2D eigenvalue weighted by atomic mass is 10.0. The summed E-state index contributed by atoms with van der Waals surface area (Å²) in [6.45, 7) is 3.96. The molecule has 3 aromatic rings. The molecular weight excluding hydrogens is 328 g/mol. The predicted molar refractivity (Wildman–Crippen MR) is 105 cm³/mol. The number of benzene rings is 2. The fraction of sp³-hybridized carbons (Fsp3) is 0.136. The third-order valence-electron chi connectivity index (χ3n) is 3.89. The van der Waals surface area contributed by atoms with Gasteiger partial charge < -0.3 is 4.74 Å². The predicted octanol–water partition coefficient (Wildman–Crippen LogP) is 6.13. The van der Waals surface area contributed by atoms with Gasteiger partial charge in [-0.05, 0) is 54.3 Å². The van der Waals surface area contributed by atoms with Gasteiger partial charge in [0.2, 0.25) is 0 Å². The minimum atomic E-state index is -0.359. The van der Waals surface area contributed by atoms with Crippen molar-refractivity contribution in [1.29, 1.82) is 0 Å². The number of rotatable bonds is 5. The van der Waals surface area contributed by atoms with E-state index < -0.39 is 0 Å². The summed E-state index contributed by atoms with van der Waals surface area (Å²) in [6, 6.07) is 20.5. The van der Waals surface area contributed by atoms with E-state index in [4.69, 9.17) is 4.74 Å². The highest BCUT2D eigenvalue weighted by Crippen LogP contribution is 2.30. The van der Waals surface area contributed by atoms with Gasteiger partial charge in [0.05, 0.1) is 0 Å². The fourth-order valence-electron chi connectivity index (χ4n) is 2.55. The summed E-state index contributed by atoms with van der Waals surface area (Å²) in [6.07, 6.45) is 4.14. The van der Waals surface area contributed by atoms with Crippen LogP contribution in [-0.2, 0) is 11.2 Å². The lowest BCUT2D eigenvalue weighted by Crippen LogP contribution is -2.03. The Morgan fingerprint density at radius 1 is 0.920 bits per heavy atom. The van der Waals surface area contributed by atoms with Gasteiger partial charge in [0, 0.05) is 15.8 Å². The molecule has 0 saturated heterocycles. The normalized spacial score (nSPS) is 11.0. The molecule has 1 aromatic heterocycles. The number of ether oxygens (including phenoxy) is 1. The molecule has 0 amide bonds. The molecule has 0 aliphatic heterocycles. The summed E-state index contributed by atoms with van der Waals surface area (Å²) >= 11 is 1.85. The number of carbonyl (C=O) groups is 1. The zero-order chi connectivity index (χ0) is 17.6. The summed E-state index contributed by atoms with van der Waals surface area (Å²) in [5.74, 6) is 0.191. The van der Waals surface area contributed by atoms with Gasteiger partial charge in [0.25, 0.3) is 0 Å². The van der Waals surface area contributed by atoms with Gasteiger partial charge in [-0.2, -0.15) is 0 Å². The van der Waals surface area contributed by atoms with E-state index in [2.05, 4.69) is 43.3 Å². The highest BCUT2D eigenvalue weighted by molar-refractivity contribution is 7.15. The summed E-state index contributed by atoms with van der Waals surface area (Å²) in [5.41, 5.74) is 3.48. The smallest absolute Gasteiger partial charge is 0.335 e. The zero-order valence-electron chi connectivity index (χ0n) is 14.4. The van der Waals surface area contributed by atoms with E-state index in [0.717, 1.165) is 17.5 Å². The molecule has 0 spiro atoms. The topological polar surface area (TPSA) is 26.3 Å². The van der Waals surface area contributed by atoms with Crippen molar-refractivity contribution in [2.24, 2.45) is 0 Å². The molecule has 0 atom stereocenters. The SMILES string of the molecule is C/C=C/C(=O)Oc1ccc(-c2ccc(-c3ccc(CC)s3)cc2)cc1. The Kier molecular flexibility index (Phi) is 5.46. The first kappa shape index (κ1) is 17.2. The van der Waals surface area contributed by atoms with Crippen LogP contribution in [0.25, 0.3) is 21.6 Å². The van der Waals surface area contributed by atoms with E-state index in [1.54, 1.807) is 13.0 Å². The molecule has 3 heteroatoms. The second kappa shape index (κ2) is 7.95. The summed E-state index contributed by atoms with van der Waals surface area (Å²) in [7, 11) is 0. The van der Waals surface area contributed by atoms with Crippen molar-refractivity contribution in [3.63, 3.8) is 0 Å². The van der Waals surface area contributed by atoms with Gasteiger partial charge >= 0.3 is 5.97 Å². The number of thiophene rings is 1. The molecule has 0 aliphatic carbocycles. The van der Waals surface area contributed by atoms with E-state index in [0.29, 0.717) is 5.75 Å². The van der Waals surface area contributed by atoms with Crippen molar-refractivity contribution < 1.29 is 9.53 Å². The maximum absolute atomic E-state index is 11.5. The Morgan fingerprint density at radius 3 is 2.08 bits per heavy atom.